The van der Waals surface area contributed by atoms with E-state index in [2.05, 4.69) is 5.32 Å². The van der Waals surface area contributed by atoms with Gasteiger partial charge in [-0.1, -0.05) is 42.5 Å². The monoisotopic (exact) mass is 502 g/mol. The van der Waals surface area contributed by atoms with Gasteiger partial charge in [0.05, 0.1) is 10.9 Å². The van der Waals surface area contributed by atoms with Gasteiger partial charge >= 0.3 is 0 Å². The van der Waals surface area contributed by atoms with Crippen LogP contribution in [-0.4, -0.2) is 46.1 Å². The van der Waals surface area contributed by atoms with E-state index >= 15 is 0 Å². The Bertz CT molecular complexity index is 1420. The van der Waals surface area contributed by atoms with Gasteiger partial charge in [-0.2, -0.15) is 0 Å². The highest BCUT2D eigenvalue weighted by molar-refractivity contribution is 7.92. The number of hydrogen-bond acceptors (Lipinski definition) is 6. The van der Waals surface area contributed by atoms with E-state index in [1.165, 1.54) is 24.5 Å². The van der Waals surface area contributed by atoms with Crippen LogP contribution in [-0.2, 0) is 19.7 Å². The van der Waals surface area contributed by atoms with Crippen molar-refractivity contribution in [1.29, 1.82) is 0 Å². The first-order valence-electron chi connectivity index (χ1n) is 10.9. The van der Waals surface area contributed by atoms with Crippen LogP contribution in [0.5, 0.6) is 0 Å². The summed E-state index contributed by atoms with van der Waals surface area (Å²) >= 11 is 0. The van der Waals surface area contributed by atoms with Crippen molar-refractivity contribution in [2.75, 3.05) is 12.8 Å². The van der Waals surface area contributed by atoms with Gasteiger partial charge in [0.25, 0.3) is 0 Å². The zero-order chi connectivity index (χ0) is 24.7. The van der Waals surface area contributed by atoms with E-state index in [0.717, 1.165) is 22.8 Å². The summed E-state index contributed by atoms with van der Waals surface area (Å²) in [4.78, 5) is 1.75. The van der Waals surface area contributed by atoms with Crippen molar-refractivity contribution >= 4 is 19.7 Å². The first-order chi connectivity index (χ1) is 16.0. The van der Waals surface area contributed by atoms with Crippen LogP contribution in [0.25, 0.3) is 11.1 Å². The van der Waals surface area contributed by atoms with Gasteiger partial charge in [0, 0.05) is 18.8 Å². The predicted molar refractivity (Wildman–Crippen MR) is 130 cm³/mol. The zero-order valence-corrected chi connectivity index (χ0v) is 20.8. The molecule has 0 bridgehead atoms. The summed E-state index contributed by atoms with van der Waals surface area (Å²) in [5, 5.41) is 3.08. The summed E-state index contributed by atoms with van der Waals surface area (Å²) in [6.07, 6.45) is 1.17. The second-order valence-electron chi connectivity index (χ2n) is 8.72. The molecular formula is C25H27FN2O4S2. The molecule has 1 saturated heterocycles. The summed E-state index contributed by atoms with van der Waals surface area (Å²) in [7, 11) is -7.36. The maximum absolute atomic E-state index is 14.4. The maximum Gasteiger partial charge on any atom is 0.211 e. The molecule has 4 rings (SSSR count). The van der Waals surface area contributed by atoms with Crippen LogP contribution < -0.4 is 5.32 Å². The summed E-state index contributed by atoms with van der Waals surface area (Å²) in [6.45, 7) is 4.18. The van der Waals surface area contributed by atoms with E-state index in [9.17, 15) is 21.2 Å². The van der Waals surface area contributed by atoms with Crippen molar-refractivity contribution in [1.82, 2.24) is 10.2 Å². The second-order valence-corrected chi connectivity index (χ2v) is 12.7. The lowest BCUT2D eigenvalue weighted by atomic mass is 9.99. The van der Waals surface area contributed by atoms with E-state index in [0.29, 0.717) is 6.54 Å². The maximum atomic E-state index is 14.4. The quantitative estimate of drug-likeness (QED) is 0.549. The Hall–Kier alpha value is -2.59. The number of rotatable bonds is 6. The fourth-order valence-electron chi connectivity index (χ4n) is 4.40. The Morgan fingerprint density at radius 2 is 1.56 bits per heavy atom. The Labute approximate surface area is 200 Å². The molecule has 1 fully saturated rings. The number of nitrogens with one attached hydrogen (secondary N) is 1. The molecule has 1 aliphatic heterocycles. The van der Waals surface area contributed by atoms with Crippen molar-refractivity contribution in [3.05, 3.63) is 84.2 Å². The van der Waals surface area contributed by atoms with Crippen LogP contribution in [0.15, 0.2) is 82.6 Å². The van der Waals surface area contributed by atoms with E-state index in [4.69, 9.17) is 0 Å². The molecule has 0 radical (unpaired) electrons. The van der Waals surface area contributed by atoms with Gasteiger partial charge in [-0.3, -0.25) is 10.2 Å². The molecule has 1 N–H and O–H groups in total. The van der Waals surface area contributed by atoms with E-state index in [1.807, 2.05) is 49.1 Å². The highest BCUT2D eigenvalue weighted by Gasteiger charge is 2.44. The highest BCUT2D eigenvalue weighted by atomic mass is 32.2. The molecule has 180 valence electrons. The molecule has 2 atom stereocenters. The second kappa shape index (κ2) is 9.22. The highest BCUT2D eigenvalue weighted by Crippen LogP contribution is 2.35. The molecular weight excluding hydrogens is 475 g/mol. The molecule has 0 saturated carbocycles. The standard InChI is InChI=1S/C25H27FN2O4S2/c1-17(2)28-23(16-27-25(28)34(31,32)24-13-5-4-12-22(24)26)20-10-6-8-18(14-20)19-9-7-11-21(15-19)33(3,29)30/h4-15,17,23,25,27H,16H2,1-3H3. The van der Waals surface area contributed by atoms with Crippen LogP contribution in [0.1, 0.15) is 25.5 Å². The van der Waals surface area contributed by atoms with Gasteiger partial charge in [0.15, 0.2) is 15.3 Å². The fraction of sp³-hybridized carbons (Fsp3) is 0.280. The van der Waals surface area contributed by atoms with Crippen LogP contribution >= 0.6 is 0 Å². The molecule has 0 spiro atoms. The smallest absolute Gasteiger partial charge is 0.211 e. The van der Waals surface area contributed by atoms with Crippen molar-refractivity contribution in [2.45, 2.75) is 41.2 Å². The normalized spacial score (nSPS) is 19.6. The van der Waals surface area contributed by atoms with Gasteiger partial charge in [-0.15, -0.1) is 0 Å². The first kappa shape index (κ1) is 24.5. The van der Waals surface area contributed by atoms with Gasteiger partial charge < -0.3 is 0 Å². The van der Waals surface area contributed by atoms with Gasteiger partial charge in [0.2, 0.25) is 9.84 Å². The van der Waals surface area contributed by atoms with Crippen molar-refractivity contribution in [3.8, 4) is 11.1 Å². The molecule has 9 heteroatoms. The molecule has 2 unspecified atom stereocenters. The Morgan fingerprint density at radius 1 is 0.912 bits per heavy atom. The minimum Gasteiger partial charge on any atom is -0.287 e. The van der Waals surface area contributed by atoms with E-state index < -0.39 is 31.0 Å². The summed E-state index contributed by atoms with van der Waals surface area (Å²) < 4.78 is 65.1. The summed E-state index contributed by atoms with van der Waals surface area (Å²) in [6, 6.07) is 19.3. The van der Waals surface area contributed by atoms with Crippen molar-refractivity contribution < 1.29 is 21.2 Å². The average molecular weight is 503 g/mol. The van der Waals surface area contributed by atoms with Crippen molar-refractivity contribution in [3.63, 3.8) is 0 Å². The Balaban J connectivity index is 1.71. The van der Waals surface area contributed by atoms with E-state index in [1.54, 1.807) is 18.2 Å². The fourth-order valence-corrected chi connectivity index (χ4v) is 6.95. The van der Waals surface area contributed by atoms with Crippen LogP contribution in [0.3, 0.4) is 0 Å². The van der Waals surface area contributed by atoms with Crippen LogP contribution in [0.2, 0.25) is 0 Å². The predicted octanol–water partition coefficient (Wildman–Crippen LogP) is 4.01. The number of sulfone groups is 2. The molecule has 6 nitrogen and oxygen atoms in total. The number of halogens is 1. The zero-order valence-electron chi connectivity index (χ0n) is 19.1. The lowest BCUT2D eigenvalue weighted by Gasteiger charge is -2.32. The Kier molecular flexibility index (Phi) is 6.65. The van der Waals surface area contributed by atoms with Crippen molar-refractivity contribution in [2.24, 2.45) is 0 Å². The largest absolute Gasteiger partial charge is 0.287 e. The molecule has 0 amide bonds. The van der Waals surface area contributed by atoms with Gasteiger partial charge in [-0.25, -0.2) is 21.2 Å². The molecule has 3 aromatic rings. The Morgan fingerprint density at radius 3 is 2.21 bits per heavy atom. The number of hydrogen-bond donors (Lipinski definition) is 1. The van der Waals surface area contributed by atoms with Crippen LogP contribution in [0, 0.1) is 5.82 Å². The molecule has 1 aliphatic rings. The molecule has 0 aromatic heterocycles. The topological polar surface area (TPSA) is 83.6 Å². The SMILES string of the molecule is CC(C)N1C(c2cccc(-c3cccc(S(C)(=O)=O)c3)c2)CNC1S(=O)(=O)c1ccccc1F. The number of benzene rings is 3. The number of nitrogens with zero attached hydrogens (tertiary/aromatic N) is 1. The van der Waals surface area contributed by atoms with Crippen LogP contribution in [0.4, 0.5) is 4.39 Å². The average Bonchev–Trinajstić information content (AvgIpc) is 3.26. The molecule has 1 heterocycles. The molecule has 3 aromatic carbocycles. The summed E-state index contributed by atoms with van der Waals surface area (Å²) in [5.74, 6) is -0.774. The molecule has 34 heavy (non-hydrogen) atoms. The third kappa shape index (κ3) is 4.65. The molecule has 0 aliphatic carbocycles. The lowest BCUT2D eigenvalue weighted by Crippen LogP contribution is -2.46. The minimum atomic E-state index is -4.02. The third-order valence-electron chi connectivity index (χ3n) is 6.02. The summed E-state index contributed by atoms with van der Waals surface area (Å²) in [5.41, 5.74) is 1.38. The van der Waals surface area contributed by atoms with E-state index in [-0.39, 0.29) is 21.9 Å². The third-order valence-corrected chi connectivity index (χ3v) is 9.07. The lowest BCUT2D eigenvalue weighted by molar-refractivity contribution is 0.185. The minimum absolute atomic E-state index is 0.149. The van der Waals surface area contributed by atoms with Gasteiger partial charge in [-0.05, 0) is 60.9 Å². The first-order valence-corrected chi connectivity index (χ1v) is 14.3. The van der Waals surface area contributed by atoms with Gasteiger partial charge in [0.1, 0.15) is 10.7 Å².